The number of alkyl halides is 3. The van der Waals surface area contributed by atoms with E-state index in [1.807, 2.05) is 6.07 Å². The molecule has 0 radical (unpaired) electrons. The summed E-state index contributed by atoms with van der Waals surface area (Å²) >= 11 is 3.28. The molecule has 2 rings (SSSR count). The maximum atomic E-state index is 12.6. The molecule has 0 unspecified atom stereocenters. The summed E-state index contributed by atoms with van der Waals surface area (Å²) in [5, 5.41) is 11.9. The lowest BCUT2D eigenvalue weighted by Gasteiger charge is -2.11. The Labute approximate surface area is 127 Å². The quantitative estimate of drug-likeness (QED) is 0.890. The molecule has 1 heterocycles. The van der Waals surface area contributed by atoms with Crippen LogP contribution in [0.2, 0.25) is 0 Å². The van der Waals surface area contributed by atoms with E-state index >= 15 is 0 Å². The summed E-state index contributed by atoms with van der Waals surface area (Å²) in [7, 11) is 0. The molecule has 2 aromatic rings. The summed E-state index contributed by atoms with van der Waals surface area (Å²) in [6.45, 7) is 0.354. The van der Waals surface area contributed by atoms with Gasteiger partial charge < -0.3 is 5.32 Å². The van der Waals surface area contributed by atoms with E-state index in [1.54, 1.807) is 18.5 Å². The van der Waals surface area contributed by atoms with Gasteiger partial charge in [0.15, 0.2) is 0 Å². The van der Waals surface area contributed by atoms with Gasteiger partial charge in [-0.3, -0.25) is 4.98 Å². The summed E-state index contributed by atoms with van der Waals surface area (Å²) in [4.78, 5) is 3.98. The Kier molecular flexibility index (Phi) is 4.48. The van der Waals surface area contributed by atoms with Crippen LogP contribution < -0.4 is 5.32 Å². The Morgan fingerprint density at radius 2 is 2.00 bits per heavy atom. The van der Waals surface area contributed by atoms with Gasteiger partial charge in [-0.1, -0.05) is 0 Å². The summed E-state index contributed by atoms with van der Waals surface area (Å²) in [6, 6.07) is 6.64. The van der Waals surface area contributed by atoms with Gasteiger partial charge in [-0.15, -0.1) is 0 Å². The normalized spacial score (nSPS) is 11.0. The number of nitrogens with zero attached hydrogens (tertiary/aromatic N) is 2. The zero-order chi connectivity index (χ0) is 15.5. The van der Waals surface area contributed by atoms with Gasteiger partial charge in [-0.2, -0.15) is 18.4 Å². The largest absolute Gasteiger partial charge is 0.416 e. The molecule has 0 fully saturated rings. The van der Waals surface area contributed by atoms with Crippen LogP contribution in [0.15, 0.2) is 41.1 Å². The van der Waals surface area contributed by atoms with Crippen molar-refractivity contribution in [3.8, 4) is 6.07 Å². The Morgan fingerprint density at radius 1 is 1.24 bits per heavy atom. The number of halogens is 4. The van der Waals surface area contributed by atoms with E-state index in [1.165, 1.54) is 6.07 Å². The maximum Gasteiger partial charge on any atom is 0.416 e. The molecule has 0 aliphatic carbocycles. The number of hydrogen-bond donors (Lipinski definition) is 1. The van der Waals surface area contributed by atoms with Crippen molar-refractivity contribution in [1.82, 2.24) is 4.98 Å². The zero-order valence-corrected chi connectivity index (χ0v) is 12.2. The van der Waals surface area contributed by atoms with Crippen molar-refractivity contribution in [3.63, 3.8) is 0 Å². The number of nitriles is 1. The minimum Gasteiger partial charge on any atom is -0.380 e. The first-order chi connectivity index (χ1) is 9.90. The molecule has 1 aromatic heterocycles. The van der Waals surface area contributed by atoms with Gasteiger partial charge in [0.1, 0.15) is 6.07 Å². The lowest BCUT2D eigenvalue weighted by atomic mass is 10.1. The molecule has 1 aromatic carbocycles. The molecule has 0 spiro atoms. The molecule has 0 atom stereocenters. The number of pyridine rings is 1. The molecule has 7 heteroatoms. The second kappa shape index (κ2) is 6.14. The first-order valence-electron chi connectivity index (χ1n) is 5.85. The topological polar surface area (TPSA) is 48.7 Å². The van der Waals surface area contributed by atoms with E-state index in [4.69, 9.17) is 5.26 Å². The Hall–Kier alpha value is -2.07. The first-order valence-corrected chi connectivity index (χ1v) is 6.64. The van der Waals surface area contributed by atoms with Gasteiger partial charge >= 0.3 is 6.18 Å². The number of benzene rings is 1. The lowest BCUT2D eigenvalue weighted by molar-refractivity contribution is -0.137. The fourth-order valence-corrected chi connectivity index (χ4v) is 2.13. The smallest absolute Gasteiger partial charge is 0.380 e. The van der Waals surface area contributed by atoms with Crippen LogP contribution >= 0.6 is 15.9 Å². The fourth-order valence-electron chi connectivity index (χ4n) is 1.72. The molecule has 0 saturated heterocycles. The predicted molar refractivity (Wildman–Crippen MR) is 75.4 cm³/mol. The zero-order valence-electron chi connectivity index (χ0n) is 10.6. The van der Waals surface area contributed by atoms with E-state index in [0.29, 0.717) is 12.2 Å². The van der Waals surface area contributed by atoms with E-state index < -0.39 is 11.7 Å². The molecule has 0 amide bonds. The van der Waals surface area contributed by atoms with Crippen LogP contribution in [0.25, 0.3) is 0 Å². The van der Waals surface area contributed by atoms with Crippen molar-refractivity contribution in [2.75, 3.05) is 5.32 Å². The molecule has 0 aliphatic heterocycles. The van der Waals surface area contributed by atoms with Crippen LogP contribution in [0.3, 0.4) is 0 Å². The van der Waals surface area contributed by atoms with Crippen molar-refractivity contribution in [2.24, 2.45) is 0 Å². The molecule has 0 saturated carbocycles. The summed E-state index contributed by atoms with van der Waals surface area (Å²) in [6.07, 6.45) is -1.20. The summed E-state index contributed by atoms with van der Waals surface area (Å²) < 4.78 is 38.6. The lowest BCUT2D eigenvalue weighted by Crippen LogP contribution is -2.07. The number of nitrogens with one attached hydrogen (secondary N) is 1. The second-order valence-electron chi connectivity index (χ2n) is 4.23. The molecule has 1 N–H and O–H groups in total. The van der Waals surface area contributed by atoms with Crippen LogP contribution in [0, 0.1) is 11.3 Å². The van der Waals surface area contributed by atoms with Crippen LogP contribution in [-0.4, -0.2) is 4.98 Å². The molecule has 0 bridgehead atoms. The highest BCUT2D eigenvalue weighted by Crippen LogP contribution is 2.31. The van der Waals surface area contributed by atoms with Gasteiger partial charge in [0.2, 0.25) is 0 Å². The average Bonchev–Trinajstić information content (AvgIpc) is 2.44. The van der Waals surface area contributed by atoms with E-state index in [2.05, 4.69) is 26.2 Å². The molecular weight excluding hydrogens is 347 g/mol. The van der Waals surface area contributed by atoms with Crippen LogP contribution in [0.5, 0.6) is 0 Å². The molecule has 21 heavy (non-hydrogen) atoms. The van der Waals surface area contributed by atoms with Crippen LogP contribution in [0.1, 0.15) is 16.7 Å². The first kappa shape index (κ1) is 15.3. The third-order valence-electron chi connectivity index (χ3n) is 2.71. The molecular formula is C14H9BrF3N3. The monoisotopic (exact) mass is 355 g/mol. The summed E-state index contributed by atoms with van der Waals surface area (Å²) in [5.74, 6) is 0. The molecule has 3 nitrogen and oxygen atoms in total. The number of rotatable bonds is 3. The minimum absolute atomic E-state index is 0.0484. The van der Waals surface area contributed by atoms with Gasteiger partial charge in [-0.25, -0.2) is 0 Å². The standard InChI is InChI=1S/C14H9BrF3N3/c15-12-3-9(6-20-8-12)7-21-13-2-1-11(14(16,17)18)4-10(13)5-19/h1-4,6,8,21H,7H2. The average molecular weight is 356 g/mol. The van der Waals surface area contributed by atoms with Gasteiger partial charge in [0.25, 0.3) is 0 Å². The SMILES string of the molecule is N#Cc1cc(C(F)(F)F)ccc1NCc1cncc(Br)c1. The van der Waals surface area contributed by atoms with Gasteiger partial charge in [-0.05, 0) is 45.8 Å². The van der Waals surface area contributed by atoms with Gasteiger partial charge in [0.05, 0.1) is 16.8 Å². The predicted octanol–water partition coefficient (Wildman–Crippen LogP) is 4.35. The van der Waals surface area contributed by atoms with Crippen molar-refractivity contribution in [3.05, 3.63) is 57.8 Å². The van der Waals surface area contributed by atoms with Crippen LogP contribution in [0.4, 0.5) is 18.9 Å². The van der Waals surface area contributed by atoms with Crippen LogP contribution in [-0.2, 0) is 12.7 Å². The third kappa shape index (κ3) is 3.95. The minimum atomic E-state index is -4.46. The second-order valence-corrected chi connectivity index (χ2v) is 5.15. The maximum absolute atomic E-state index is 12.6. The van der Waals surface area contributed by atoms with Gasteiger partial charge in [0, 0.05) is 23.4 Å². The molecule has 108 valence electrons. The Morgan fingerprint density at radius 3 is 2.62 bits per heavy atom. The Balaban J connectivity index is 2.19. The van der Waals surface area contributed by atoms with E-state index in [0.717, 1.165) is 22.2 Å². The molecule has 0 aliphatic rings. The van der Waals surface area contributed by atoms with Crippen molar-refractivity contribution < 1.29 is 13.2 Å². The van der Waals surface area contributed by atoms with E-state index in [-0.39, 0.29) is 5.56 Å². The summed E-state index contributed by atoms with van der Waals surface area (Å²) in [5.41, 5.74) is 0.306. The highest BCUT2D eigenvalue weighted by Gasteiger charge is 2.31. The van der Waals surface area contributed by atoms with Crippen molar-refractivity contribution in [2.45, 2.75) is 12.7 Å². The highest BCUT2D eigenvalue weighted by molar-refractivity contribution is 9.10. The van der Waals surface area contributed by atoms with Crippen molar-refractivity contribution >= 4 is 21.6 Å². The number of hydrogen-bond acceptors (Lipinski definition) is 3. The number of anilines is 1. The fraction of sp³-hybridized carbons (Fsp3) is 0.143. The number of aromatic nitrogens is 1. The third-order valence-corrected chi connectivity index (χ3v) is 3.15. The Bertz CT molecular complexity index is 693. The van der Waals surface area contributed by atoms with E-state index in [9.17, 15) is 13.2 Å². The van der Waals surface area contributed by atoms with Crippen molar-refractivity contribution in [1.29, 1.82) is 5.26 Å². The highest BCUT2D eigenvalue weighted by atomic mass is 79.9.